The van der Waals surface area contributed by atoms with Crippen LogP contribution in [0.15, 0.2) is 9.98 Å². The molecule has 0 spiro atoms. The van der Waals surface area contributed by atoms with E-state index in [2.05, 4.69) is 37.7 Å². The Morgan fingerprint density at radius 2 is 1.25 bits per heavy atom. The van der Waals surface area contributed by atoms with Crippen LogP contribution in [0.3, 0.4) is 0 Å². The van der Waals surface area contributed by atoms with Gasteiger partial charge in [-0.3, -0.25) is 9.98 Å². The second kappa shape index (κ2) is 7.01. The predicted octanol–water partition coefficient (Wildman–Crippen LogP) is 2.73. The van der Waals surface area contributed by atoms with E-state index in [0.29, 0.717) is 12.1 Å². The van der Waals surface area contributed by atoms with E-state index in [1.54, 1.807) is 12.4 Å². The summed E-state index contributed by atoms with van der Waals surface area (Å²) in [6.45, 7) is 8.48. The van der Waals surface area contributed by atoms with Gasteiger partial charge < -0.3 is 0 Å². The monoisotopic (exact) mass is 168 g/mol. The van der Waals surface area contributed by atoms with Crippen LogP contribution in [-0.2, 0) is 0 Å². The summed E-state index contributed by atoms with van der Waals surface area (Å²) in [5.74, 6) is 0. The van der Waals surface area contributed by atoms with Crippen LogP contribution in [0.5, 0.6) is 0 Å². The molecule has 0 aromatic heterocycles. The van der Waals surface area contributed by atoms with Crippen LogP contribution in [0.25, 0.3) is 0 Å². The highest BCUT2D eigenvalue weighted by molar-refractivity contribution is 6.16. The molecule has 70 valence electrons. The molecule has 0 rings (SSSR count). The Hall–Kier alpha value is -0.660. The van der Waals surface area contributed by atoms with Gasteiger partial charge in [-0.2, -0.15) is 0 Å². The molecule has 2 heteroatoms. The summed E-state index contributed by atoms with van der Waals surface area (Å²) in [7, 11) is 0. The standard InChI is InChI=1S/C10H20N2/c1-5-9(3)11-7-8-12-10(4)6-2/h7-10H,5-6H2,1-4H3. The van der Waals surface area contributed by atoms with E-state index in [0.717, 1.165) is 12.8 Å². The lowest BCUT2D eigenvalue weighted by Crippen LogP contribution is -1.98. The molecule has 0 aromatic rings. The molecular formula is C10H20N2. The van der Waals surface area contributed by atoms with Crippen LogP contribution in [0.2, 0.25) is 0 Å². The third kappa shape index (κ3) is 6.08. The Balaban J connectivity index is 3.65. The summed E-state index contributed by atoms with van der Waals surface area (Å²) in [6, 6.07) is 0.849. The minimum absolute atomic E-state index is 0.424. The van der Waals surface area contributed by atoms with E-state index in [9.17, 15) is 0 Å². The maximum Gasteiger partial charge on any atom is 0.0469 e. The van der Waals surface area contributed by atoms with Gasteiger partial charge in [-0.15, -0.1) is 0 Å². The number of aliphatic imine (C=N–C) groups is 2. The van der Waals surface area contributed by atoms with Crippen molar-refractivity contribution in [2.75, 3.05) is 0 Å². The second-order valence-electron chi connectivity index (χ2n) is 3.11. The third-order valence-electron chi connectivity index (χ3n) is 1.93. The highest BCUT2D eigenvalue weighted by atomic mass is 14.8. The van der Waals surface area contributed by atoms with E-state index >= 15 is 0 Å². The van der Waals surface area contributed by atoms with Crippen molar-refractivity contribution in [1.29, 1.82) is 0 Å². The van der Waals surface area contributed by atoms with Crippen molar-refractivity contribution in [3.63, 3.8) is 0 Å². The van der Waals surface area contributed by atoms with Gasteiger partial charge in [-0.25, -0.2) is 0 Å². The largest absolute Gasteiger partial charge is 0.289 e. The zero-order chi connectivity index (χ0) is 9.40. The molecule has 0 amide bonds. The predicted molar refractivity (Wildman–Crippen MR) is 56.5 cm³/mol. The van der Waals surface area contributed by atoms with Crippen molar-refractivity contribution in [1.82, 2.24) is 0 Å². The summed E-state index contributed by atoms with van der Waals surface area (Å²) in [6.07, 6.45) is 5.79. The molecule has 0 bridgehead atoms. The van der Waals surface area contributed by atoms with Gasteiger partial charge >= 0.3 is 0 Å². The molecule has 0 saturated heterocycles. The Kier molecular flexibility index (Phi) is 6.63. The minimum Gasteiger partial charge on any atom is -0.289 e. The van der Waals surface area contributed by atoms with Gasteiger partial charge in [0.1, 0.15) is 0 Å². The van der Waals surface area contributed by atoms with Crippen LogP contribution >= 0.6 is 0 Å². The Morgan fingerprint density at radius 1 is 0.917 bits per heavy atom. The van der Waals surface area contributed by atoms with E-state index in [-0.39, 0.29) is 0 Å². The summed E-state index contributed by atoms with van der Waals surface area (Å²) >= 11 is 0. The molecule has 0 aliphatic rings. The lowest BCUT2D eigenvalue weighted by atomic mass is 10.3. The minimum atomic E-state index is 0.424. The molecule has 0 aliphatic heterocycles. The topological polar surface area (TPSA) is 24.7 Å². The fourth-order valence-corrected chi connectivity index (χ4v) is 0.582. The first-order chi connectivity index (χ1) is 5.70. The molecule has 2 atom stereocenters. The first-order valence-corrected chi connectivity index (χ1v) is 4.75. The fourth-order valence-electron chi connectivity index (χ4n) is 0.582. The van der Waals surface area contributed by atoms with Crippen LogP contribution in [0, 0.1) is 0 Å². The number of hydrogen-bond donors (Lipinski definition) is 0. The van der Waals surface area contributed by atoms with Gasteiger partial charge in [0.05, 0.1) is 0 Å². The van der Waals surface area contributed by atoms with E-state index in [4.69, 9.17) is 0 Å². The molecule has 0 N–H and O–H groups in total. The van der Waals surface area contributed by atoms with E-state index in [1.165, 1.54) is 0 Å². The molecule has 0 radical (unpaired) electrons. The first-order valence-electron chi connectivity index (χ1n) is 4.75. The summed E-state index contributed by atoms with van der Waals surface area (Å²) in [5, 5.41) is 0. The molecular weight excluding hydrogens is 148 g/mol. The SMILES string of the molecule is CCC(C)N=CC=NC(C)CC. The van der Waals surface area contributed by atoms with Crippen LogP contribution < -0.4 is 0 Å². The Bertz CT molecular complexity index is 132. The number of nitrogens with zero attached hydrogens (tertiary/aromatic N) is 2. The smallest absolute Gasteiger partial charge is 0.0469 e. The maximum atomic E-state index is 4.27. The molecule has 0 aromatic carbocycles. The zero-order valence-electron chi connectivity index (χ0n) is 8.62. The summed E-state index contributed by atoms with van der Waals surface area (Å²) < 4.78 is 0. The maximum absolute atomic E-state index is 4.27. The molecule has 2 nitrogen and oxygen atoms in total. The van der Waals surface area contributed by atoms with E-state index in [1.807, 2.05) is 0 Å². The van der Waals surface area contributed by atoms with Crippen molar-refractivity contribution in [2.24, 2.45) is 9.98 Å². The molecule has 2 unspecified atom stereocenters. The average Bonchev–Trinajstić information content (AvgIpc) is 2.11. The lowest BCUT2D eigenvalue weighted by Gasteiger charge is -1.99. The quantitative estimate of drug-likeness (QED) is 0.564. The van der Waals surface area contributed by atoms with E-state index < -0.39 is 0 Å². The van der Waals surface area contributed by atoms with Gasteiger partial charge in [0.2, 0.25) is 0 Å². The van der Waals surface area contributed by atoms with Gasteiger partial charge in [0.15, 0.2) is 0 Å². The van der Waals surface area contributed by atoms with Crippen molar-refractivity contribution in [3.8, 4) is 0 Å². The van der Waals surface area contributed by atoms with Gasteiger partial charge in [-0.1, -0.05) is 13.8 Å². The van der Waals surface area contributed by atoms with Crippen LogP contribution in [-0.4, -0.2) is 24.5 Å². The van der Waals surface area contributed by atoms with Crippen LogP contribution in [0.4, 0.5) is 0 Å². The second-order valence-corrected chi connectivity index (χ2v) is 3.11. The van der Waals surface area contributed by atoms with Crippen molar-refractivity contribution in [2.45, 2.75) is 52.6 Å². The Labute approximate surface area is 75.8 Å². The molecule has 12 heavy (non-hydrogen) atoms. The lowest BCUT2D eigenvalue weighted by molar-refractivity contribution is 0.717. The number of hydrogen-bond acceptors (Lipinski definition) is 2. The summed E-state index contributed by atoms with van der Waals surface area (Å²) in [5.41, 5.74) is 0. The molecule has 0 saturated carbocycles. The Morgan fingerprint density at radius 3 is 1.50 bits per heavy atom. The number of rotatable bonds is 5. The molecule has 0 heterocycles. The van der Waals surface area contributed by atoms with Crippen molar-refractivity contribution in [3.05, 3.63) is 0 Å². The van der Waals surface area contributed by atoms with Crippen molar-refractivity contribution < 1.29 is 0 Å². The normalized spacial score (nSPS) is 17.3. The molecule has 0 aliphatic carbocycles. The first kappa shape index (κ1) is 11.3. The van der Waals surface area contributed by atoms with Crippen molar-refractivity contribution >= 4 is 12.4 Å². The van der Waals surface area contributed by atoms with Gasteiger partial charge in [0, 0.05) is 24.5 Å². The molecule has 0 fully saturated rings. The highest BCUT2D eigenvalue weighted by Gasteiger charge is 1.90. The van der Waals surface area contributed by atoms with Gasteiger partial charge in [-0.05, 0) is 26.7 Å². The third-order valence-corrected chi connectivity index (χ3v) is 1.93. The zero-order valence-corrected chi connectivity index (χ0v) is 8.62. The summed E-state index contributed by atoms with van der Waals surface area (Å²) in [4.78, 5) is 8.55. The fraction of sp³-hybridized carbons (Fsp3) is 0.800. The van der Waals surface area contributed by atoms with Crippen LogP contribution in [0.1, 0.15) is 40.5 Å². The van der Waals surface area contributed by atoms with Gasteiger partial charge in [0.25, 0.3) is 0 Å². The average molecular weight is 168 g/mol. The highest BCUT2D eigenvalue weighted by Crippen LogP contribution is 1.93.